The maximum atomic E-state index is 2.59. The minimum absolute atomic E-state index is 1.30. The molecule has 0 amide bonds. The van der Waals surface area contributed by atoms with Crippen LogP contribution in [0.25, 0.3) is 0 Å². The maximum absolute atomic E-state index is 2.59. The minimum Gasteiger partial charge on any atom is -0.302 e. The monoisotopic (exact) mass is 191 g/mol. The molecule has 1 heterocycles. The van der Waals surface area contributed by atoms with Crippen LogP contribution in [0.5, 0.6) is 0 Å². The zero-order valence-electron chi connectivity index (χ0n) is 7.21. The molecule has 3 heteroatoms. The van der Waals surface area contributed by atoms with Gasteiger partial charge < -0.3 is 4.90 Å². The second kappa shape index (κ2) is 6.21. The summed E-state index contributed by atoms with van der Waals surface area (Å²) in [6.07, 6.45) is 2.70. The van der Waals surface area contributed by atoms with Crippen molar-refractivity contribution in [3.63, 3.8) is 0 Å². The molecule has 1 nitrogen and oxygen atoms in total. The van der Waals surface area contributed by atoms with Crippen molar-refractivity contribution in [2.45, 2.75) is 19.8 Å². The maximum Gasteiger partial charge on any atom is 0.0165 e. The summed E-state index contributed by atoms with van der Waals surface area (Å²) in [5.74, 6) is 2.63. The third-order valence-electron chi connectivity index (χ3n) is 1.89. The second-order valence-corrected chi connectivity index (χ2v) is 5.54. The Morgan fingerprint density at radius 3 is 2.36 bits per heavy atom. The third kappa shape index (κ3) is 4.28. The average molecular weight is 191 g/mol. The molecule has 1 aliphatic rings. The van der Waals surface area contributed by atoms with Crippen LogP contribution in [0.15, 0.2) is 0 Å². The largest absolute Gasteiger partial charge is 0.302 e. The van der Waals surface area contributed by atoms with E-state index in [2.05, 4.69) is 11.8 Å². The molecule has 0 N–H and O–H groups in total. The molecule has 0 aromatic carbocycles. The van der Waals surface area contributed by atoms with Gasteiger partial charge in [-0.2, -0.15) is 0 Å². The smallest absolute Gasteiger partial charge is 0.0165 e. The van der Waals surface area contributed by atoms with Gasteiger partial charge in [-0.1, -0.05) is 34.9 Å². The van der Waals surface area contributed by atoms with Crippen LogP contribution in [-0.2, 0) is 0 Å². The van der Waals surface area contributed by atoms with Crippen LogP contribution in [-0.4, -0.2) is 36.0 Å². The highest BCUT2D eigenvalue weighted by Gasteiger charge is 2.07. The molecular weight excluding hydrogens is 174 g/mol. The molecule has 0 aromatic heterocycles. The first-order chi connectivity index (χ1) is 5.43. The Hall–Kier alpha value is 0.660. The number of rotatable bonds is 3. The van der Waals surface area contributed by atoms with Gasteiger partial charge in [0.05, 0.1) is 0 Å². The molecule has 1 saturated heterocycles. The van der Waals surface area contributed by atoms with E-state index >= 15 is 0 Å². The molecule has 11 heavy (non-hydrogen) atoms. The van der Waals surface area contributed by atoms with Gasteiger partial charge in [-0.05, 0) is 13.0 Å². The molecule has 0 atom stereocenters. The molecule has 66 valence electrons. The number of hydrogen-bond acceptors (Lipinski definition) is 3. The van der Waals surface area contributed by atoms with Gasteiger partial charge in [0.2, 0.25) is 0 Å². The first-order valence-electron chi connectivity index (χ1n) is 4.40. The lowest BCUT2D eigenvalue weighted by molar-refractivity contribution is 0.305. The summed E-state index contributed by atoms with van der Waals surface area (Å²) in [4.78, 5) is 2.59. The van der Waals surface area contributed by atoms with Crippen molar-refractivity contribution in [1.29, 1.82) is 0 Å². The molecule has 1 fully saturated rings. The topological polar surface area (TPSA) is 3.24 Å². The van der Waals surface area contributed by atoms with Crippen molar-refractivity contribution < 1.29 is 0 Å². The highest BCUT2D eigenvalue weighted by Crippen LogP contribution is 2.23. The van der Waals surface area contributed by atoms with E-state index in [0.29, 0.717) is 0 Å². The van der Waals surface area contributed by atoms with Crippen LogP contribution in [0.1, 0.15) is 19.8 Å². The molecule has 0 aliphatic carbocycles. The molecule has 0 aromatic rings. The summed E-state index contributed by atoms with van der Waals surface area (Å²) in [6.45, 7) is 6.19. The molecule has 1 aliphatic heterocycles. The summed E-state index contributed by atoms with van der Waals surface area (Å²) < 4.78 is 0. The van der Waals surface area contributed by atoms with Crippen LogP contribution in [0.2, 0.25) is 0 Å². The molecule has 0 saturated carbocycles. The van der Waals surface area contributed by atoms with Crippen LogP contribution in [0.4, 0.5) is 0 Å². The van der Waals surface area contributed by atoms with E-state index in [0.717, 1.165) is 0 Å². The van der Waals surface area contributed by atoms with E-state index < -0.39 is 0 Å². The Morgan fingerprint density at radius 2 is 1.82 bits per heavy atom. The van der Waals surface area contributed by atoms with Gasteiger partial charge in [-0.3, -0.25) is 0 Å². The predicted octanol–water partition coefficient (Wildman–Crippen LogP) is 2.48. The normalized spacial score (nSPS) is 21.5. The van der Waals surface area contributed by atoms with E-state index in [9.17, 15) is 0 Å². The molecule has 0 radical (unpaired) electrons. The predicted molar refractivity (Wildman–Crippen MR) is 56.3 cm³/mol. The molecule has 0 spiro atoms. The number of nitrogens with zero attached hydrogens (tertiary/aromatic N) is 1. The van der Waals surface area contributed by atoms with Crippen molar-refractivity contribution in [3.05, 3.63) is 0 Å². The summed E-state index contributed by atoms with van der Waals surface area (Å²) in [5, 5.41) is 0. The Kier molecular flexibility index (Phi) is 5.50. The van der Waals surface area contributed by atoms with Gasteiger partial charge in [0.25, 0.3) is 0 Å². The Morgan fingerprint density at radius 1 is 1.18 bits per heavy atom. The number of unbranched alkanes of at least 4 members (excludes halogenated alkanes) is 1. The Labute approximate surface area is 77.7 Å². The van der Waals surface area contributed by atoms with E-state index in [-0.39, 0.29) is 0 Å². The van der Waals surface area contributed by atoms with E-state index in [4.69, 9.17) is 0 Å². The molecule has 1 rings (SSSR count). The minimum atomic E-state index is 1.30. The van der Waals surface area contributed by atoms with Crippen LogP contribution in [0, 0.1) is 0 Å². The van der Waals surface area contributed by atoms with Gasteiger partial charge in [0.15, 0.2) is 0 Å². The Balaban J connectivity index is 2.09. The lowest BCUT2D eigenvalue weighted by atomic mass is 10.3. The standard InChI is InChI=1S/C8H17NS2/c1-2-3-4-9-5-7-10-11-8-6-9/h2-8H2,1H3. The van der Waals surface area contributed by atoms with Crippen molar-refractivity contribution in [2.24, 2.45) is 0 Å². The Bertz CT molecular complexity index is 90.1. The quantitative estimate of drug-likeness (QED) is 0.631. The zero-order chi connectivity index (χ0) is 7.94. The SMILES string of the molecule is CCCCN1CCSSCC1. The second-order valence-electron chi connectivity index (χ2n) is 2.84. The number of hydrogen-bond donors (Lipinski definition) is 0. The van der Waals surface area contributed by atoms with Gasteiger partial charge >= 0.3 is 0 Å². The third-order valence-corrected chi connectivity index (χ3v) is 4.26. The van der Waals surface area contributed by atoms with Crippen molar-refractivity contribution in [1.82, 2.24) is 4.90 Å². The molecule has 0 bridgehead atoms. The van der Waals surface area contributed by atoms with E-state index in [1.54, 1.807) is 0 Å². The highest BCUT2D eigenvalue weighted by atomic mass is 33.1. The fraction of sp³-hybridized carbons (Fsp3) is 1.00. The van der Waals surface area contributed by atoms with Crippen LogP contribution < -0.4 is 0 Å². The summed E-state index contributed by atoms with van der Waals surface area (Å²) in [7, 11) is 4.06. The summed E-state index contributed by atoms with van der Waals surface area (Å²) in [6, 6.07) is 0. The van der Waals surface area contributed by atoms with Crippen molar-refractivity contribution >= 4 is 21.6 Å². The lowest BCUT2D eigenvalue weighted by Crippen LogP contribution is -2.28. The van der Waals surface area contributed by atoms with Crippen LogP contribution in [0.3, 0.4) is 0 Å². The fourth-order valence-electron chi connectivity index (χ4n) is 1.17. The highest BCUT2D eigenvalue weighted by molar-refractivity contribution is 8.76. The van der Waals surface area contributed by atoms with E-state index in [1.165, 1.54) is 44.0 Å². The summed E-state index contributed by atoms with van der Waals surface area (Å²) >= 11 is 0. The fourth-order valence-corrected chi connectivity index (χ4v) is 3.22. The van der Waals surface area contributed by atoms with Gasteiger partial charge in [0, 0.05) is 24.6 Å². The van der Waals surface area contributed by atoms with Crippen molar-refractivity contribution in [3.8, 4) is 0 Å². The van der Waals surface area contributed by atoms with Crippen LogP contribution >= 0.6 is 21.6 Å². The molecular formula is C8H17NS2. The lowest BCUT2D eigenvalue weighted by Gasteiger charge is -2.17. The van der Waals surface area contributed by atoms with Crippen molar-refractivity contribution in [2.75, 3.05) is 31.1 Å². The van der Waals surface area contributed by atoms with Gasteiger partial charge in [0.1, 0.15) is 0 Å². The molecule has 0 unspecified atom stereocenters. The van der Waals surface area contributed by atoms with E-state index in [1.807, 2.05) is 21.6 Å². The zero-order valence-corrected chi connectivity index (χ0v) is 8.85. The summed E-state index contributed by atoms with van der Waals surface area (Å²) in [5.41, 5.74) is 0. The average Bonchev–Trinajstić information content (AvgIpc) is 2.28. The van der Waals surface area contributed by atoms with Gasteiger partial charge in [-0.15, -0.1) is 0 Å². The first kappa shape index (κ1) is 9.75. The first-order valence-corrected chi connectivity index (χ1v) is 6.89. The van der Waals surface area contributed by atoms with Gasteiger partial charge in [-0.25, -0.2) is 0 Å².